The Bertz CT molecular complexity index is 1560. The largest absolute Gasteiger partial charge is 0.507 e. The van der Waals surface area contributed by atoms with Gasteiger partial charge in [0.05, 0.1) is 43.3 Å². The maximum absolute atomic E-state index is 13.0. The summed E-state index contributed by atoms with van der Waals surface area (Å²) in [4.78, 5) is 26.0. The van der Waals surface area contributed by atoms with Crippen LogP contribution < -0.4 is 10.6 Å². The van der Waals surface area contributed by atoms with Crippen LogP contribution in [0.2, 0.25) is 10.0 Å². The van der Waals surface area contributed by atoms with Gasteiger partial charge >= 0.3 is 0 Å². The Morgan fingerprint density at radius 2 is 0.917 bits per heavy atom. The lowest BCUT2D eigenvalue weighted by molar-refractivity contribution is 0.101. The molecule has 0 spiro atoms. The third-order valence-corrected chi connectivity index (χ3v) is 6.51. The van der Waals surface area contributed by atoms with Crippen molar-refractivity contribution in [3.05, 3.63) is 106 Å². The number of phenols is 2. The van der Waals surface area contributed by atoms with Crippen LogP contribution in [0.5, 0.6) is 11.5 Å². The van der Waals surface area contributed by atoms with Gasteiger partial charge in [-0.05, 0) is 36.4 Å². The second-order valence-corrected chi connectivity index (χ2v) is 8.84. The zero-order chi connectivity index (χ0) is 25.4. The Morgan fingerprint density at radius 1 is 0.556 bits per heavy atom. The maximum atomic E-state index is 13.0. The highest BCUT2D eigenvalue weighted by atomic mass is 35.5. The number of amides is 2. The summed E-state index contributed by atoms with van der Waals surface area (Å²) >= 11 is 12.4. The van der Waals surface area contributed by atoms with E-state index >= 15 is 0 Å². The van der Waals surface area contributed by atoms with Crippen LogP contribution in [0.1, 0.15) is 20.7 Å². The highest BCUT2D eigenvalue weighted by molar-refractivity contribution is 6.35. The molecule has 178 valence electrons. The average Bonchev–Trinajstić information content (AvgIpc) is 2.88. The minimum Gasteiger partial charge on any atom is -0.507 e. The molecule has 6 nitrogen and oxygen atoms in total. The van der Waals surface area contributed by atoms with E-state index in [1.807, 2.05) is 0 Å². The topological polar surface area (TPSA) is 98.7 Å². The van der Waals surface area contributed by atoms with E-state index in [1.165, 1.54) is 12.1 Å². The average molecular weight is 517 g/mol. The molecule has 0 fully saturated rings. The number of nitrogens with one attached hydrogen (secondary N) is 2. The number of hydrogen-bond donors (Lipinski definition) is 4. The summed E-state index contributed by atoms with van der Waals surface area (Å²) in [6.45, 7) is 0. The van der Waals surface area contributed by atoms with Crippen molar-refractivity contribution in [2.45, 2.75) is 0 Å². The van der Waals surface area contributed by atoms with E-state index in [2.05, 4.69) is 10.6 Å². The summed E-state index contributed by atoms with van der Waals surface area (Å²) in [5, 5.41) is 29.6. The van der Waals surface area contributed by atoms with Crippen molar-refractivity contribution in [3.63, 3.8) is 0 Å². The Kier molecular flexibility index (Phi) is 6.14. The van der Waals surface area contributed by atoms with Gasteiger partial charge in [0, 0.05) is 10.8 Å². The van der Waals surface area contributed by atoms with E-state index in [4.69, 9.17) is 23.2 Å². The zero-order valence-electron chi connectivity index (χ0n) is 18.5. The van der Waals surface area contributed by atoms with E-state index in [0.717, 1.165) is 0 Å². The maximum Gasteiger partial charge on any atom is 0.257 e. The molecule has 5 aromatic rings. The van der Waals surface area contributed by atoms with E-state index in [1.54, 1.807) is 72.8 Å². The van der Waals surface area contributed by atoms with Gasteiger partial charge in [-0.3, -0.25) is 9.59 Å². The van der Waals surface area contributed by atoms with Gasteiger partial charge in [0.1, 0.15) is 11.5 Å². The third kappa shape index (κ3) is 4.06. The molecule has 5 rings (SSSR count). The molecule has 4 N–H and O–H groups in total. The normalized spacial score (nSPS) is 10.9. The van der Waals surface area contributed by atoms with Crippen LogP contribution in [0, 0.1) is 0 Å². The van der Waals surface area contributed by atoms with Crippen molar-refractivity contribution < 1.29 is 19.8 Å². The second-order valence-electron chi connectivity index (χ2n) is 8.02. The van der Waals surface area contributed by atoms with Gasteiger partial charge in [-0.2, -0.15) is 0 Å². The van der Waals surface area contributed by atoms with Gasteiger partial charge in [0.15, 0.2) is 0 Å². The van der Waals surface area contributed by atoms with Crippen LogP contribution in [0.4, 0.5) is 11.4 Å². The molecule has 0 atom stereocenters. The molecule has 0 heterocycles. The fourth-order valence-corrected chi connectivity index (χ4v) is 4.58. The van der Waals surface area contributed by atoms with Crippen molar-refractivity contribution >= 4 is 67.9 Å². The van der Waals surface area contributed by atoms with Gasteiger partial charge < -0.3 is 20.8 Å². The van der Waals surface area contributed by atoms with Gasteiger partial charge in [-0.15, -0.1) is 0 Å². The SMILES string of the molecule is O=C(Nc1ccc(NC(=O)c2ccccc2Cl)c2c(O)c3ccccc3c(O)c12)c1ccccc1Cl. The number of phenolic OH excluding ortho intramolecular Hbond substituents is 2. The Hall–Kier alpha value is -4.26. The van der Waals surface area contributed by atoms with Gasteiger partial charge in [0.25, 0.3) is 11.8 Å². The smallest absolute Gasteiger partial charge is 0.257 e. The monoisotopic (exact) mass is 516 g/mol. The molecule has 5 aromatic carbocycles. The standard InChI is InChI=1S/C28H18Cl2N2O4/c29-19-11-5-3-9-17(19)27(35)31-21-13-14-22(32-28(36)18-10-4-6-12-20(18)30)24-23(21)25(33)15-7-1-2-8-16(15)26(24)34/h1-14,33-34H,(H,31,35)(H,32,36). The molecule has 0 bridgehead atoms. The van der Waals surface area contributed by atoms with Crippen LogP contribution in [0.25, 0.3) is 21.5 Å². The summed E-state index contributed by atoms with van der Waals surface area (Å²) in [5.74, 6) is -1.33. The number of halogens is 2. The molecule has 0 aliphatic carbocycles. The van der Waals surface area contributed by atoms with E-state index in [0.29, 0.717) is 10.8 Å². The Labute approximate surface area is 215 Å². The molecule has 2 amide bonds. The molecule has 36 heavy (non-hydrogen) atoms. The highest BCUT2D eigenvalue weighted by Gasteiger charge is 2.22. The van der Waals surface area contributed by atoms with E-state index < -0.39 is 11.8 Å². The minimum atomic E-state index is -0.498. The van der Waals surface area contributed by atoms with Crippen molar-refractivity contribution in [1.29, 1.82) is 0 Å². The second kappa shape index (κ2) is 9.41. The molecule has 8 heteroatoms. The van der Waals surface area contributed by atoms with E-state index in [-0.39, 0.29) is 54.8 Å². The van der Waals surface area contributed by atoms with Crippen LogP contribution in [0.15, 0.2) is 84.9 Å². The van der Waals surface area contributed by atoms with Crippen molar-refractivity contribution in [3.8, 4) is 11.5 Å². The number of anilines is 2. The summed E-state index contributed by atoms with van der Waals surface area (Å²) in [6, 6.07) is 22.9. The molecular weight excluding hydrogens is 499 g/mol. The minimum absolute atomic E-state index is 0.156. The number of hydrogen-bond acceptors (Lipinski definition) is 4. The van der Waals surface area contributed by atoms with Crippen LogP contribution in [-0.2, 0) is 0 Å². The van der Waals surface area contributed by atoms with Crippen molar-refractivity contribution in [2.75, 3.05) is 10.6 Å². The third-order valence-electron chi connectivity index (χ3n) is 5.85. The van der Waals surface area contributed by atoms with Crippen LogP contribution in [-0.4, -0.2) is 22.0 Å². The summed E-state index contributed by atoms with van der Waals surface area (Å²) in [5.41, 5.74) is 0.939. The lowest BCUT2D eigenvalue weighted by atomic mass is 9.97. The Morgan fingerprint density at radius 3 is 1.31 bits per heavy atom. The molecule has 0 aliphatic heterocycles. The molecule has 0 aliphatic rings. The number of rotatable bonds is 4. The molecule has 0 saturated carbocycles. The molecule has 0 saturated heterocycles. The summed E-state index contributed by atoms with van der Waals surface area (Å²) in [7, 11) is 0. The first-order chi connectivity index (χ1) is 17.4. The molecule has 0 radical (unpaired) electrons. The zero-order valence-corrected chi connectivity index (χ0v) is 20.1. The van der Waals surface area contributed by atoms with Gasteiger partial charge in [-0.1, -0.05) is 71.7 Å². The first kappa shape index (κ1) is 23.5. The van der Waals surface area contributed by atoms with Crippen molar-refractivity contribution in [1.82, 2.24) is 0 Å². The lowest BCUT2D eigenvalue weighted by Gasteiger charge is -2.18. The first-order valence-corrected chi connectivity index (χ1v) is 11.6. The Balaban J connectivity index is 1.70. The van der Waals surface area contributed by atoms with Crippen molar-refractivity contribution in [2.24, 2.45) is 0 Å². The highest BCUT2D eigenvalue weighted by Crippen LogP contribution is 2.47. The van der Waals surface area contributed by atoms with Gasteiger partial charge in [0.2, 0.25) is 0 Å². The number of aromatic hydroxyl groups is 2. The lowest BCUT2D eigenvalue weighted by Crippen LogP contribution is -2.14. The quantitative estimate of drug-likeness (QED) is 0.150. The number of benzene rings is 5. The molecule has 0 unspecified atom stereocenters. The molecule has 0 aromatic heterocycles. The number of fused-ring (bicyclic) bond motifs is 2. The predicted molar refractivity (Wildman–Crippen MR) is 144 cm³/mol. The number of carbonyl (C=O) groups excluding carboxylic acids is 2. The van der Waals surface area contributed by atoms with E-state index in [9.17, 15) is 19.8 Å². The first-order valence-electron chi connectivity index (χ1n) is 10.9. The summed E-state index contributed by atoms with van der Waals surface area (Å²) in [6.07, 6.45) is 0. The summed E-state index contributed by atoms with van der Waals surface area (Å²) < 4.78 is 0. The fraction of sp³-hybridized carbons (Fsp3) is 0. The fourth-order valence-electron chi connectivity index (χ4n) is 4.14. The predicted octanol–water partition coefficient (Wildman–Crippen LogP) is 7.22. The van der Waals surface area contributed by atoms with Gasteiger partial charge in [-0.25, -0.2) is 0 Å². The number of carbonyl (C=O) groups is 2. The molecular formula is C28H18Cl2N2O4. The van der Waals surface area contributed by atoms with Crippen LogP contribution >= 0.6 is 23.2 Å². The van der Waals surface area contributed by atoms with Crippen LogP contribution in [0.3, 0.4) is 0 Å².